The molecule has 1 aliphatic carbocycles. The van der Waals surface area contributed by atoms with Crippen LogP contribution in [0.5, 0.6) is 0 Å². The number of aromatic amines is 1. The minimum atomic E-state index is 0.0627. The van der Waals surface area contributed by atoms with Crippen molar-refractivity contribution in [2.75, 3.05) is 6.54 Å². The van der Waals surface area contributed by atoms with E-state index >= 15 is 0 Å². The number of aromatic nitrogens is 1. The fraction of sp³-hybridized carbons (Fsp3) is 0.286. The predicted octanol–water partition coefficient (Wildman–Crippen LogP) is 3.79. The third-order valence-corrected chi connectivity index (χ3v) is 5.50. The van der Waals surface area contributed by atoms with Crippen molar-refractivity contribution in [2.24, 2.45) is 0 Å². The van der Waals surface area contributed by atoms with Gasteiger partial charge in [0.2, 0.25) is 0 Å². The molecule has 0 bridgehead atoms. The normalized spacial score (nSPS) is 21.8. The molecule has 2 aliphatic rings. The van der Waals surface area contributed by atoms with Gasteiger partial charge in [0.15, 0.2) is 0 Å². The molecule has 4 nitrogen and oxygen atoms in total. The number of fused-ring (bicyclic) bond motifs is 3. The Balaban J connectivity index is 1.27. The zero-order valence-corrected chi connectivity index (χ0v) is 14.0. The Hall–Kier alpha value is -2.75. The highest BCUT2D eigenvalue weighted by molar-refractivity contribution is 5.85. The van der Waals surface area contributed by atoms with Crippen LogP contribution in [0.3, 0.4) is 0 Å². The van der Waals surface area contributed by atoms with Crippen LogP contribution in [0.1, 0.15) is 29.2 Å². The van der Waals surface area contributed by atoms with Crippen molar-refractivity contribution in [3.8, 4) is 0 Å². The van der Waals surface area contributed by atoms with Crippen molar-refractivity contribution in [3.05, 3.63) is 71.4 Å². The van der Waals surface area contributed by atoms with Gasteiger partial charge in [0.25, 0.3) is 0 Å². The number of benzene rings is 2. The van der Waals surface area contributed by atoms with Crippen molar-refractivity contribution < 1.29 is 4.79 Å². The third-order valence-electron chi connectivity index (χ3n) is 5.50. The molecule has 2 atom stereocenters. The molecule has 1 saturated carbocycles. The highest BCUT2D eigenvalue weighted by Crippen LogP contribution is 2.40. The van der Waals surface area contributed by atoms with Crippen molar-refractivity contribution in [3.63, 3.8) is 0 Å². The molecule has 3 aromatic rings. The van der Waals surface area contributed by atoms with Crippen molar-refractivity contribution >= 4 is 16.9 Å². The van der Waals surface area contributed by atoms with Crippen LogP contribution in [0.15, 0.2) is 54.6 Å². The summed E-state index contributed by atoms with van der Waals surface area (Å²) in [4.78, 5) is 18.1. The number of urea groups is 1. The summed E-state index contributed by atoms with van der Waals surface area (Å²) in [6, 6.07) is 19.2. The number of nitrogens with one attached hydrogen (secondary N) is 2. The average molecular weight is 331 g/mol. The molecule has 25 heavy (non-hydrogen) atoms. The monoisotopic (exact) mass is 331 g/mol. The molecule has 2 heterocycles. The molecule has 1 fully saturated rings. The van der Waals surface area contributed by atoms with Gasteiger partial charge in [0.1, 0.15) is 0 Å². The summed E-state index contributed by atoms with van der Waals surface area (Å²) in [6.45, 7) is 1.45. The van der Waals surface area contributed by atoms with Crippen LogP contribution in [0.25, 0.3) is 10.9 Å². The van der Waals surface area contributed by atoms with Crippen molar-refractivity contribution in [1.82, 2.24) is 15.2 Å². The molecular weight excluding hydrogens is 310 g/mol. The Morgan fingerprint density at radius 3 is 2.76 bits per heavy atom. The first-order valence-corrected chi connectivity index (χ1v) is 8.98. The van der Waals surface area contributed by atoms with Gasteiger partial charge in [-0.3, -0.25) is 0 Å². The van der Waals surface area contributed by atoms with E-state index in [1.807, 2.05) is 17.0 Å². The highest BCUT2D eigenvalue weighted by Gasteiger charge is 2.40. The first-order valence-electron chi connectivity index (χ1n) is 8.98. The number of nitrogens with zero attached hydrogens (tertiary/aromatic N) is 1. The second-order valence-electron chi connectivity index (χ2n) is 7.11. The third kappa shape index (κ3) is 2.58. The Labute approximate surface area is 146 Å². The molecule has 126 valence electrons. The van der Waals surface area contributed by atoms with Crippen molar-refractivity contribution in [2.45, 2.75) is 31.3 Å². The van der Waals surface area contributed by atoms with Gasteiger partial charge in [0.05, 0.1) is 6.54 Å². The maximum atomic E-state index is 12.7. The summed E-state index contributed by atoms with van der Waals surface area (Å²) in [5.74, 6) is 0.471. The second kappa shape index (κ2) is 5.66. The molecule has 4 heteroatoms. The predicted molar refractivity (Wildman–Crippen MR) is 98.5 cm³/mol. The van der Waals surface area contributed by atoms with E-state index in [1.165, 1.54) is 27.7 Å². The van der Waals surface area contributed by atoms with Gasteiger partial charge >= 0.3 is 6.03 Å². The zero-order chi connectivity index (χ0) is 16.8. The Morgan fingerprint density at radius 1 is 1.08 bits per heavy atom. The Bertz CT molecular complexity index is 931. The number of rotatable bonds is 2. The summed E-state index contributed by atoms with van der Waals surface area (Å²) < 4.78 is 0. The Kier molecular flexibility index (Phi) is 3.30. The largest absolute Gasteiger partial charge is 0.357 e. The van der Waals surface area contributed by atoms with Crippen LogP contribution in [0, 0.1) is 0 Å². The summed E-state index contributed by atoms with van der Waals surface area (Å²) >= 11 is 0. The van der Waals surface area contributed by atoms with E-state index in [4.69, 9.17) is 0 Å². The van der Waals surface area contributed by atoms with Crippen LogP contribution in [-0.2, 0) is 13.0 Å². The van der Waals surface area contributed by atoms with Gasteiger partial charge < -0.3 is 15.2 Å². The van der Waals surface area contributed by atoms with Crippen LogP contribution in [0.4, 0.5) is 4.79 Å². The molecule has 2 unspecified atom stereocenters. The molecule has 0 radical (unpaired) electrons. The number of carbonyl (C=O) groups excluding carboxylic acids is 1. The van der Waals surface area contributed by atoms with Gasteiger partial charge in [-0.25, -0.2) is 4.79 Å². The highest BCUT2D eigenvalue weighted by atomic mass is 16.2. The molecule has 2 amide bonds. The molecular formula is C21H21N3O. The lowest BCUT2D eigenvalue weighted by Crippen LogP contribution is -2.43. The topological polar surface area (TPSA) is 48.1 Å². The van der Waals surface area contributed by atoms with Crippen LogP contribution in [0.2, 0.25) is 0 Å². The van der Waals surface area contributed by atoms with E-state index in [0.29, 0.717) is 12.5 Å². The number of amides is 2. The number of para-hydroxylation sites is 1. The summed E-state index contributed by atoms with van der Waals surface area (Å²) in [5, 5.41) is 4.51. The fourth-order valence-electron chi connectivity index (χ4n) is 4.04. The molecule has 2 aromatic carbocycles. The lowest BCUT2D eigenvalue weighted by molar-refractivity contribution is 0.191. The number of carbonyl (C=O) groups is 1. The zero-order valence-electron chi connectivity index (χ0n) is 14.0. The van der Waals surface area contributed by atoms with E-state index < -0.39 is 0 Å². The van der Waals surface area contributed by atoms with Crippen LogP contribution < -0.4 is 5.32 Å². The first kappa shape index (κ1) is 14.6. The maximum Gasteiger partial charge on any atom is 0.317 e. The number of hydrogen-bond donors (Lipinski definition) is 2. The Morgan fingerprint density at radius 2 is 1.88 bits per heavy atom. The van der Waals surface area contributed by atoms with Crippen LogP contribution >= 0.6 is 0 Å². The first-order chi connectivity index (χ1) is 12.3. The smallest absolute Gasteiger partial charge is 0.317 e. The van der Waals surface area contributed by atoms with Gasteiger partial charge in [-0.1, -0.05) is 48.5 Å². The molecule has 0 spiro atoms. The molecule has 5 rings (SSSR count). The molecule has 1 aliphatic heterocycles. The quantitative estimate of drug-likeness (QED) is 0.737. The maximum absolute atomic E-state index is 12.7. The minimum absolute atomic E-state index is 0.0627. The fourth-order valence-corrected chi connectivity index (χ4v) is 4.04. The van der Waals surface area contributed by atoms with Crippen LogP contribution in [-0.4, -0.2) is 28.5 Å². The number of H-pyrrole nitrogens is 1. The van der Waals surface area contributed by atoms with E-state index in [9.17, 15) is 4.79 Å². The second-order valence-corrected chi connectivity index (χ2v) is 7.11. The minimum Gasteiger partial charge on any atom is -0.357 e. The molecule has 2 N–H and O–H groups in total. The number of hydrogen-bond acceptors (Lipinski definition) is 1. The van der Waals surface area contributed by atoms with Gasteiger partial charge in [-0.05, 0) is 30.0 Å². The summed E-state index contributed by atoms with van der Waals surface area (Å²) in [5.41, 5.74) is 5.04. The van der Waals surface area contributed by atoms with E-state index in [0.717, 1.165) is 19.4 Å². The van der Waals surface area contributed by atoms with Gasteiger partial charge in [-0.15, -0.1) is 0 Å². The lowest BCUT2D eigenvalue weighted by Gasteiger charge is -2.27. The lowest BCUT2D eigenvalue weighted by atomic mass is 10.0. The SMILES string of the molecule is O=C(NC1CC1c1ccccc1)N1CCc2c([nH]c3ccccc23)C1. The average Bonchev–Trinajstić information content (AvgIpc) is 3.32. The van der Waals surface area contributed by atoms with Gasteiger partial charge in [0, 0.05) is 35.1 Å². The van der Waals surface area contributed by atoms with E-state index in [2.05, 4.69) is 52.8 Å². The molecule has 1 aromatic heterocycles. The summed E-state index contributed by atoms with van der Waals surface area (Å²) in [7, 11) is 0. The van der Waals surface area contributed by atoms with Gasteiger partial charge in [-0.2, -0.15) is 0 Å². The standard InChI is InChI=1S/C21H21N3O/c25-21(23-19-12-17(19)14-6-2-1-3-7-14)24-11-10-16-15-8-4-5-9-18(15)22-20(16)13-24/h1-9,17,19,22H,10-13H2,(H,23,25). The summed E-state index contributed by atoms with van der Waals surface area (Å²) in [6.07, 6.45) is 1.96. The molecule has 0 saturated heterocycles. The van der Waals surface area contributed by atoms with E-state index in [1.54, 1.807) is 0 Å². The van der Waals surface area contributed by atoms with Crippen molar-refractivity contribution in [1.29, 1.82) is 0 Å². The van der Waals surface area contributed by atoms with E-state index in [-0.39, 0.29) is 12.1 Å².